The highest BCUT2D eigenvalue weighted by Gasteiger charge is 2.13. The molecule has 4 nitrogen and oxygen atoms in total. The van der Waals surface area contributed by atoms with E-state index in [1.165, 1.54) is 5.56 Å². The van der Waals surface area contributed by atoms with E-state index in [0.717, 1.165) is 34.1 Å². The van der Waals surface area contributed by atoms with Crippen LogP contribution in [-0.4, -0.2) is 14.5 Å². The minimum absolute atomic E-state index is 0.275. The number of rotatable bonds is 3. The summed E-state index contributed by atoms with van der Waals surface area (Å²) >= 11 is 6.17. The molecule has 0 radical (unpaired) electrons. The zero-order chi connectivity index (χ0) is 15.7. The summed E-state index contributed by atoms with van der Waals surface area (Å²) in [6.45, 7) is 2.14. The smallest absolute Gasteiger partial charge is 0.220 e. The van der Waals surface area contributed by atoms with Crippen molar-refractivity contribution in [2.75, 3.05) is 5.73 Å². The first-order valence-corrected chi connectivity index (χ1v) is 7.51. The quantitative estimate of drug-likeness (QED) is 0.796. The summed E-state index contributed by atoms with van der Waals surface area (Å²) in [6.07, 6.45) is 2.62. The Kier molecular flexibility index (Phi) is 3.86. The molecule has 3 aromatic rings. The van der Waals surface area contributed by atoms with Crippen molar-refractivity contribution in [3.63, 3.8) is 0 Å². The molecule has 0 amide bonds. The van der Waals surface area contributed by atoms with E-state index < -0.39 is 0 Å². The van der Waals surface area contributed by atoms with Gasteiger partial charge in [0.05, 0.1) is 11.4 Å². The van der Waals surface area contributed by atoms with Crippen molar-refractivity contribution >= 4 is 17.5 Å². The number of nitrogen functional groups attached to an aromatic ring is 1. The van der Waals surface area contributed by atoms with Gasteiger partial charge in [-0.1, -0.05) is 24.6 Å². The van der Waals surface area contributed by atoms with E-state index in [4.69, 9.17) is 17.3 Å². The number of nitrogens with zero attached hydrogens (tertiary/aromatic N) is 3. The van der Waals surface area contributed by atoms with Crippen LogP contribution in [0.4, 0.5) is 5.95 Å². The summed E-state index contributed by atoms with van der Waals surface area (Å²) in [5.41, 5.74) is 11.0. The molecule has 2 heterocycles. The van der Waals surface area contributed by atoms with Crippen LogP contribution in [0.15, 0.2) is 42.6 Å². The van der Waals surface area contributed by atoms with E-state index >= 15 is 0 Å². The summed E-state index contributed by atoms with van der Waals surface area (Å²) in [6, 6.07) is 12.0. The van der Waals surface area contributed by atoms with Crippen LogP contribution in [0.25, 0.3) is 22.6 Å². The molecule has 5 heteroatoms. The van der Waals surface area contributed by atoms with E-state index in [-0.39, 0.29) is 5.95 Å². The van der Waals surface area contributed by atoms with Crippen molar-refractivity contribution in [2.45, 2.75) is 13.3 Å². The number of aromatic nitrogens is 3. The van der Waals surface area contributed by atoms with Gasteiger partial charge in [-0.2, -0.15) is 0 Å². The van der Waals surface area contributed by atoms with Crippen LogP contribution < -0.4 is 5.73 Å². The van der Waals surface area contributed by atoms with Crippen molar-refractivity contribution in [3.05, 3.63) is 53.2 Å². The Bertz CT molecular complexity index is 823. The van der Waals surface area contributed by atoms with E-state index in [1.807, 2.05) is 31.3 Å². The summed E-state index contributed by atoms with van der Waals surface area (Å²) in [7, 11) is 2.02. The first kappa shape index (κ1) is 14.6. The molecular weight excluding hydrogens is 296 g/mol. The molecule has 0 saturated carbocycles. The average Bonchev–Trinajstić information content (AvgIpc) is 2.89. The van der Waals surface area contributed by atoms with Crippen LogP contribution in [-0.2, 0) is 13.5 Å². The number of benzene rings is 1. The molecule has 112 valence electrons. The maximum atomic E-state index is 6.17. The molecule has 0 saturated heterocycles. The van der Waals surface area contributed by atoms with Crippen LogP contribution in [0.2, 0.25) is 5.02 Å². The Balaban J connectivity index is 2.14. The van der Waals surface area contributed by atoms with Gasteiger partial charge < -0.3 is 10.3 Å². The molecule has 0 unspecified atom stereocenters. The molecule has 0 aliphatic heterocycles. The molecule has 0 fully saturated rings. The highest BCUT2D eigenvalue weighted by atomic mass is 35.5. The van der Waals surface area contributed by atoms with Crippen molar-refractivity contribution in [1.29, 1.82) is 0 Å². The number of aryl methyl sites for hydroxylation is 1. The molecule has 22 heavy (non-hydrogen) atoms. The number of halogens is 1. The second-order valence-electron chi connectivity index (χ2n) is 5.12. The van der Waals surface area contributed by atoms with Crippen molar-refractivity contribution < 1.29 is 0 Å². The lowest BCUT2D eigenvalue weighted by molar-refractivity contribution is 0.934. The predicted octanol–water partition coefficient (Wildman–Crippen LogP) is 3.95. The first-order valence-electron chi connectivity index (χ1n) is 7.13. The average molecular weight is 313 g/mol. The predicted molar refractivity (Wildman–Crippen MR) is 90.7 cm³/mol. The Hall–Kier alpha value is -2.33. The fourth-order valence-electron chi connectivity index (χ4n) is 2.65. The van der Waals surface area contributed by atoms with E-state index in [0.29, 0.717) is 0 Å². The van der Waals surface area contributed by atoms with Gasteiger partial charge in [0.1, 0.15) is 0 Å². The van der Waals surface area contributed by atoms with Crippen molar-refractivity contribution in [2.24, 2.45) is 7.05 Å². The maximum Gasteiger partial charge on any atom is 0.220 e. The minimum atomic E-state index is 0.275. The summed E-state index contributed by atoms with van der Waals surface area (Å²) in [5.74, 6) is 0.275. The lowest BCUT2D eigenvalue weighted by atomic mass is 10.0. The van der Waals surface area contributed by atoms with Crippen LogP contribution in [0.1, 0.15) is 12.5 Å². The zero-order valence-electron chi connectivity index (χ0n) is 12.5. The van der Waals surface area contributed by atoms with Gasteiger partial charge in [0.2, 0.25) is 5.95 Å². The first-order chi connectivity index (χ1) is 10.6. The Morgan fingerprint density at radius 3 is 2.64 bits per heavy atom. The maximum absolute atomic E-state index is 6.17. The molecule has 3 rings (SSSR count). The monoisotopic (exact) mass is 312 g/mol. The van der Waals surface area contributed by atoms with Gasteiger partial charge in [-0.15, -0.1) is 0 Å². The van der Waals surface area contributed by atoms with Gasteiger partial charge in [-0.05, 0) is 42.3 Å². The van der Waals surface area contributed by atoms with Gasteiger partial charge >= 0.3 is 0 Å². The highest BCUT2D eigenvalue weighted by Crippen LogP contribution is 2.31. The molecule has 2 N–H and O–H groups in total. The normalized spacial score (nSPS) is 10.9. The van der Waals surface area contributed by atoms with Crippen LogP contribution in [0, 0.1) is 0 Å². The Labute approximate surface area is 134 Å². The van der Waals surface area contributed by atoms with E-state index in [1.54, 1.807) is 6.20 Å². The SMILES string of the molecule is CCc1ccc(Cl)cc1-c1ccc(-c2ccnc(N)n2)n1C. The summed E-state index contributed by atoms with van der Waals surface area (Å²) < 4.78 is 2.10. The number of hydrogen-bond acceptors (Lipinski definition) is 3. The third-order valence-electron chi connectivity index (χ3n) is 3.79. The second kappa shape index (κ2) is 5.81. The molecule has 2 aromatic heterocycles. The molecule has 0 aliphatic carbocycles. The van der Waals surface area contributed by atoms with Crippen LogP contribution in [0.3, 0.4) is 0 Å². The van der Waals surface area contributed by atoms with Gasteiger partial charge in [-0.25, -0.2) is 9.97 Å². The van der Waals surface area contributed by atoms with Crippen molar-refractivity contribution in [1.82, 2.24) is 14.5 Å². The van der Waals surface area contributed by atoms with Gasteiger partial charge in [0.25, 0.3) is 0 Å². The fourth-order valence-corrected chi connectivity index (χ4v) is 2.82. The third kappa shape index (κ3) is 2.57. The molecule has 1 aromatic carbocycles. The largest absolute Gasteiger partial charge is 0.368 e. The second-order valence-corrected chi connectivity index (χ2v) is 5.55. The molecule has 0 spiro atoms. The molecular formula is C17H17ClN4. The lowest BCUT2D eigenvalue weighted by Crippen LogP contribution is -2.00. The van der Waals surface area contributed by atoms with E-state index in [9.17, 15) is 0 Å². The van der Waals surface area contributed by atoms with E-state index in [2.05, 4.69) is 33.6 Å². The Morgan fingerprint density at radius 2 is 1.91 bits per heavy atom. The summed E-state index contributed by atoms with van der Waals surface area (Å²) in [4.78, 5) is 8.23. The van der Waals surface area contributed by atoms with Gasteiger partial charge in [0, 0.05) is 29.5 Å². The third-order valence-corrected chi connectivity index (χ3v) is 4.02. The molecule has 0 aliphatic rings. The number of hydrogen-bond donors (Lipinski definition) is 1. The van der Waals surface area contributed by atoms with Crippen LogP contribution in [0.5, 0.6) is 0 Å². The summed E-state index contributed by atoms with van der Waals surface area (Å²) in [5, 5.41) is 0.737. The van der Waals surface area contributed by atoms with Gasteiger partial charge in [-0.3, -0.25) is 0 Å². The fraction of sp³-hybridized carbons (Fsp3) is 0.176. The number of nitrogens with two attached hydrogens (primary N) is 1. The minimum Gasteiger partial charge on any atom is -0.368 e. The van der Waals surface area contributed by atoms with Crippen molar-refractivity contribution in [3.8, 4) is 22.6 Å². The standard InChI is InChI=1S/C17H17ClN4/c1-3-11-4-5-12(18)10-13(11)15-6-7-16(22(15)2)14-8-9-20-17(19)21-14/h4-10H,3H2,1-2H3,(H2,19,20,21). The lowest BCUT2D eigenvalue weighted by Gasteiger charge is -2.12. The van der Waals surface area contributed by atoms with Crippen LogP contribution >= 0.6 is 11.6 Å². The Morgan fingerprint density at radius 1 is 1.14 bits per heavy atom. The zero-order valence-corrected chi connectivity index (χ0v) is 13.3. The topological polar surface area (TPSA) is 56.7 Å². The number of anilines is 1. The highest BCUT2D eigenvalue weighted by molar-refractivity contribution is 6.30. The molecule has 0 atom stereocenters. The molecule has 0 bridgehead atoms. The van der Waals surface area contributed by atoms with Gasteiger partial charge in [0.15, 0.2) is 0 Å².